The first-order valence-electron chi connectivity index (χ1n) is 7.69. The second-order valence-electron chi connectivity index (χ2n) is 5.57. The van der Waals surface area contributed by atoms with E-state index in [4.69, 9.17) is 9.72 Å². The van der Waals surface area contributed by atoms with E-state index in [1.165, 1.54) is 10.9 Å². The van der Waals surface area contributed by atoms with Gasteiger partial charge in [-0.25, -0.2) is 4.98 Å². The van der Waals surface area contributed by atoms with Crippen molar-refractivity contribution in [3.05, 3.63) is 35.9 Å². The molecule has 0 spiro atoms. The minimum atomic E-state index is 0.436. The van der Waals surface area contributed by atoms with Crippen LogP contribution in [0.4, 0.5) is 5.82 Å². The van der Waals surface area contributed by atoms with Gasteiger partial charge in [-0.1, -0.05) is 25.1 Å². The summed E-state index contributed by atoms with van der Waals surface area (Å²) in [7, 11) is 2.12. The minimum Gasteiger partial charge on any atom is -0.379 e. The van der Waals surface area contributed by atoms with Gasteiger partial charge in [0.25, 0.3) is 0 Å². The number of fused-ring (bicyclic) bond motifs is 1. The highest BCUT2D eigenvalue weighted by Gasteiger charge is 2.22. The molecule has 1 fully saturated rings. The number of benzene rings is 1. The predicted molar refractivity (Wildman–Crippen MR) is 86.8 cm³/mol. The maximum atomic E-state index is 5.50. The molecule has 1 saturated heterocycles. The molecule has 2 aromatic rings. The van der Waals surface area contributed by atoms with Gasteiger partial charge in [0.1, 0.15) is 5.82 Å². The Kier molecular flexibility index (Phi) is 4.36. The molecule has 1 unspecified atom stereocenters. The smallest absolute Gasteiger partial charge is 0.129 e. The Bertz CT molecular complexity index is 608. The summed E-state index contributed by atoms with van der Waals surface area (Å²) in [6.45, 7) is 5.63. The summed E-state index contributed by atoms with van der Waals surface area (Å²) in [6, 6.07) is 11.0. The normalized spacial score (nSPS) is 18.3. The van der Waals surface area contributed by atoms with Crippen LogP contribution < -0.4 is 10.2 Å². The molecule has 0 bridgehead atoms. The Labute approximate surface area is 126 Å². The van der Waals surface area contributed by atoms with Crippen LogP contribution in [-0.2, 0) is 11.3 Å². The number of aromatic nitrogens is 1. The van der Waals surface area contributed by atoms with Crippen LogP contribution in [-0.4, -0.2) is 37.8 Å². The fraction of sp³-hybridized carbons (Fsp3) is 0.471. The molecule has 1 N–H and O–H groups in total. The molecule has 0 amide bonds. The molecule has 1 aliphatic heterocycles. The second-order valence-corrected chi connectivity index (χ2v) is 5.57. The van der Waals surface area contributed by atoms with Crippen molar-refractivity contribution < 1.29 is 4.74 Å². The van der Waals surface area contributed by atoms with Gasteiger partial charge in [0.2, 0.25) is 0 Å². The lowest BCUT2D eigenvalue weighted by atomic mass is 10.1. The van der Waals surface area contributed by atoms with E-state index in [-0.39, 0.29) is 0 Å². The Hall–Kier alpha value is -1.65. The number of nitrogens with zero attached hydrogens (tertiary/aromatic N) is 2. The summed E-state index contributed by atoms with van der Waals surface area (Å²) in [5.41, 5.74) is 2.37. The van der Waals surface area contributed by atoms with E-state index in [1.54, 1.807) is 0 Å². The summed E-state index contributed by atoms with van der Waals surface area (Å²) < 4.78 is 5.50. The molecule has 0 aliphatic carbocycles. The van der Waals surface area contributed by atoms with Gasteiger partial charge in [-0.3, -0.25) is 0 Å². The maximum absolute atomic E-state index is 5.50. The summed E-state index contributed by atoms with van der Waals surface area (Å²) in [6.07, 6.45) is 1.08. The zero-order chi connectivity index (χ0) is 14.7. The van der Waals surface area contributed by atoms with Crippen LogP contribution in [0.1, 0.15) is 18.9 Å². The molecule has 4 heteroatoms. The summed E-state index contributed by atoms with van der Waals surface area (Å²) in [5.74, 6) is 1.04. The standard InChI is InChI=1S/C17H23N3O/c1-3-18-11-13-10-17(20(2)14-8-9-21-12-14)19-16-7-5-4-6-15(13)16/h4-7,10,14,18H,3,8-9,11-12H2,1-2H3. The number of para-hydroxylation sites is 1. The van der Waals surface area contributed by atoms with E-state index >= 15 is 0 Å². The highest BCUT2D eigenvalue weighted by Crippen LogP contribution is 2.25. The largest absolute Gasteiger partial charge is 0.379 e. The molecule has 1 aromatic heterocycles. The first kappa shape index (κ1) is 14.3. The van der Waals surface area contributed by atoms with Crippen molar-refractivity contribution in [3.63, 3.8) is 0 Å². The van der Waals surface area contributed by atoms with E-state index in [9.17, 15) is 0 Å². The summed E-state index contributed by atoms with van der Waals surface area (Å²) in [5, 5.41) is 4.66. The van der Waals surface area contributed by atoms with Gasteiger partial charge in [0.05, 0.1) is 18.2 Å². The fourth-order valence-corrected chi connectivity index (χ4v) is 2.83. The Morgan fingerprint density at radius 2 is 2.24 bits per heavy atom. The molecule has 2 heterocycles. The third kappa shape index (κ3) is 3.01. The molecular formula is C17H23N3O. The third-order valence-corrected chi connectivity index (χ3v) is 4.17. The molecule has 1 aliphatic rings. The van der Waals surface area contributed by atoms with Crippen molar-refractivity contribution in [2.24, 2.45) is 0 Å². The van der Waals surface area contributed by atoms with Crippen molar-refractivity contribution in [2.75, 3.05) is 31.7 Å². The van der Waals surface area contributed by atoms with E-state index in [1.807, 2.05) is 0 Å². The van der Waals surface area contributed by atoms with Crippen molar-refractivity contribution in [3.8, 4) is 0 Å². The molecule has 112 valence electrons. The average molecular weight is 285 g/mol. The highest BCUT2D eigenvalue weighted by atomic mass is 16.5. The van der Waals surface area contributed by atoms with Gasteiger partial charge < -0.3 is 15.0 Å². The third-order valence-electron chi connectivity index (χ3n) is 4.17. The van der Waals surface area contributed by atoms with Crippen molar-refractivity contribution >= 4 is 16.7 Å². The number of hydrogen-bond donors (Lipinski definition) is 1. The lowest BCUT2D eigenvalue weighted by Crippen LogP contribution is -2.32. The molecule has 0 radical (unpaired) electrons. The molecule has 0 saturated carbocycles. The molecular weight excluding hydrogens is 262 g/mol. The van der Waals surface area contributed by atoms with Gasteiger partial charge in [0, 0.05) is 25.6 Å². The number of ether oxygens (including phenoxy) is 1. The minimum absolute atomic E-state index is 0.436. The van der Waals surface area contributed by atoms with Crippen LogP contribution in [0, 0.1) is 0 Å². The van der Waals surface area contributed by atoms with Crippen LogP contribution in [0.15, 0.2) is 30.3 Å². The number of pyridine rings is 1. The summed E-state index contributed by atoms with van der Waals surface area (Å²) >= 11 is 0. The highest BCUT2D eigenvalue weighted by molar-refractivity contribution is 5.84. The Morgan fingerprint density at radius 3 is 3.00 bits per heavy atom. The maximum Gasteiger partial charge on any atom is 0.129 e. The van der Waals surface area contributed by atoms with Crippen molar-refractivity contribution in [2.45, 2.75) is 25.9 Å². The molecule has 4 nitrogen and oxygen atoms in total. The van der Waals surface area contributed by atoms with Gasteiger partial charge in [-0.05, 0) is 30.7 Å². The van der Waals surface area contributed by atoms with Crippen molar-refractivity contribution in [1.29, 1.82) is 0 Å². The fourth-order valence-electron chi connectivity index (χ4n) is 2.83. The SMILES string of the molecule is CCNCc1cc(N(C)C2CCOC2)nc2ccccc12. The lowest BCUT2D eigenvalue weighted by Gasteiger charge is -2.25. The van der Waals surface area contributed by atoms with E-state index < -0.39 is 0 Å². The second kappa shape index (κ2) is 6.41. The zero-order valence-electron chi connectivity index (χ0n) is 12.8. The Morgan fingerprint density at radius 1 is 1.38 bits per heavy atom. The number of likely N-dealkylation sites (N-methyl/N-ethyl adjacent to an activating group) is 1. The lowest BCUT2D eigenvalue weighted by molar-refractivity contribution is 0.193. The van der Waals surface area contributed by atoms with Crippen LogP contribution in [0.2, 0.25) is 0 Å². The molecule has 21 heavy (non-hydrogen) atoms. The van der Waals surface area contributed by atoms with E-state index in [0.717, 1.165) is 44.1 Å². The number of hydrogen-bond acceptors (Lipinski definition) is 4. The van der Waals surface area contributed by atoms with Crippen LogP contribution in [0.3, 0.4) is 0 Å². The van der Waals surface area contributed by atoms with E-state index in [0.29, 0.717) is 6.04 Å². The molecule has 1 aromatic carbocycles. The van der Waals surface area contributed by atoms with Crippen molar-refractivity contribution in [1.82, 2.24) is 10.3 Å². The zero-order valence-corrected chi connectivity index (χ0v) is 12.8. The number of anilines is 1. The predicted octanol–water partition coefficient (Wildman–Crippen LogP) is 2.57. The average Bonchev–Trinajstić information content (AvgIpc) is 3.06. The first-order chi connectivity index (χ1) is 10.3. The Balaban J connectivity index is 1.98. The molecule has 3 rings (SSSR count). The van der Waals surface area contributed by atoms with Gasteiger partial charge in [0.15, 0.2) is 0 Å². The van der Waals surface area contributed by atoms with Gasteiger partial charge in [-0.2, -0.15) is 0 Å². The van der Waals surface area contributed by atoms with Gasteiger partial charge >= 0.3 is 0 Å². The van der Waals surface area contributed by atoms with Crippen LogP contribution in [0.25, 0.3) is 10.9 Å². The van der Waals surface area contributed by atoms with Crippen LogP contribution in [0.5, 0.6) is 0 Å². The topological polar surface area (TPSA) is 37.4 Å². The number of nitrogens with one attached hydrogen (secondary N) is 1. The first-order valence-corrected chi connectivity index (χ1v) is 7.69. The van der Waals surface area contributed by atoms with Crippen LogP contribution >= 0.6 is 0 Å². The number of rotatable bonds is 5. The van der Waals surface area contributed by atoms with E-state index in [2.05, 4.69) is 54.5 Å². The summed E-state index contributed by atoms with van der Waals surface area (Å²) in [4.78, 5) is 7.09. The molecule has 1 atom stereocenters. The monoisotopic (exact) mass is 285 g/mol. The van der Waals surface area contributed by atoms with Gasteiger partial charge in [-0.15, -0.1) is 0 Å². The quantitative estimate of drug-likeness (QED) is 0.916.